The maximum Gasteiger partial charge on any atom is 0.139 e. The fourth-order valence-corrected chi connectivity index (χ4v) is 2.90. The van der Waals surface area contributed by atoms with E-state index in [0.29, 0.717) is 21.8 Å². The lowest BCUT2D eigenvalue weighted by atomic mass is 10.1. The smallest absolute Gasteiger partial charge is 0.139 e. The molecule has 2 atom stereocenters. The molecule has 18 heavy (non-hydrogen) atoms. The molecule has 0 spiro atoms. The van der Waals surface area contributed by atoms with Gasteiger partial charge in [0.2, 0.25) is 0 Å². The Kier molecular flexibility index (Phi) is 3.20. The second-order valence-corrected chi connectivity index (χ2v) is 5.92. The first-order valence-electron chi connectivity index (χ1n) is 6.28. The largest absolute Gasteiger partial charge is 0.397 e. The Morgan fingerprint density at radius 2 is 2.11 bits per heavy atom. The summed E-state index contributed by atoms with van der Waals surface area (Å²) in [6, 6.07) is 3.29. The summed E-state index contributed by atoms with van der Waals surface area (Å²) in [5, 5.41) is 3.34. The number of ether oxygens (including phenoxy) is 1. The van der Waals surface area contributed by atoms with E-state index in [-0.39, 0.29) is 18.0 Å². The van der Waals surface area contributed by atoms with Crippen LogP contribution in [0.1, 0.15) is 19.3 Å². The number of hydrogen-bond acceptors (Lipinski definition) is 3. The van der Waals surface area contributed by atoms with E-state index in [1.165, 1.54) is 18.9 Å². The second-order valence-electron chi connectivity index (χ2n) is 5.07. The molecule has 0 bridgehead atoms. The van der Waals surface area contributed by atoms with Crippen LogP contribution in [0, 0.1) is 11.7 Å². The lowest BCUT2D eigenvalue weighted by molar-refractivity contribution is 0.0898. The van der Waals surface area contributed by atoms with Crippen molar-refractivity contribution in [1.82, 2.24) is 0 Å². The first-order valence-corrected chi connectivity index (χ1v) is 7.07. The quantitative estimate of drug-likeness (QED) is 0.843. The number of nitrogens with two attached hydrogens (primary N) is 1. The van der Waals surface area contributed by atoms with Crippen molar-refractivity contribution in [1.29, 1.82) is 0 Å². The van der Waals surface area contributed by atoms with Gasteiger partial charge in [0, 0.05) is 12.7 Å². The summed E-state index contributed by atoms with van der Waals surface area (Å²) in [6.07, 6.45) is 3.70. The van der Waals surface area contributed by atoms with Crippen molar-refractivity contribution in [3.63, 3.8) is 0 Å². The van der Waals surface area contributed by atoms with Crippen molar-refractivity contribution in [2.24, 2.45) is 5.92 Å². The van der Waals surface area contributed by atoms with Gasteiger partial charge in [0.1, 0.15) is 5.82 Å². The van der Waals surface area contributed by atoms with Gasteiger partial charge in [0.25, 0.3) is 0 Å². The minimum absolute atomic E-state index is 0.250. The minimum Gasteiger partial charge on any atom is -0.397 e. The van der Waals surface area contributed by atoms with Crippen LogP contribution in [0.15, 0.2) is 16.6 Å². The van der Waals surface area contributed by atoms with Crippen molar-refractivity contribution in [3.8, 4) is 0 Å². The number of halogens is 2. The second kappa shape index (κ2) is 4.70. The van der Waals surface area contributed by atoms with E-state index in [4.69, 9.17) is 10.5 Å². The first kappa shape index (κ1) is 12.2. The minimum atomic E-state index is -0.298. The number of benzene rings is 1. The van der Waals surface area contributed by atoms with Gasteiger partial charge in [-0.2, -0.15) is 0 Å². The molecule has 3 N–H and O–H groups in total. The van der Waals surface area contributed by atoms with E-state index in [9.17, 15) is 4.39 Å². The van der Waals surface area contributed by atoms with E-state index < -0.39 is 0 Å². The van der Waals surface area contributed by atoms with E-state index in [1.807, 2.05) is 0 Å². The Balaban J connectivity index is 1.77. The van der Waals surface area contributed by atoms with Crippen LogP contribution in [0.4, 0.5) is 15.8 Å². The van der Waals surface area contributed by atoms with Crippen molar-refractivity contribution in [3.05, 3.63) is 22.4 Å². The van der Waals surface area contributed by atoms with Gasteiger partial charge in [-0.25, -0.2) is 4.39 Å². The average molecular weight is 315 g/mol. The molecule has 2 unspecified atom stereocenters. The van der Waals surface area contributed by atoms with Crippen molar-refractivity contribution >= 4 is 27.3 Å². The number of hydrogen-bond donors (Lipinski definition) is 2. The zero-order valence-corrected chi connectivity index (χ0v) is 11.5. The molecule has 1 aliphatic carbocycles. The van der Waals surface area contributed by atoms with Gasteiger partial charge in [0.15, 0.2) is 0 Å². The molecule has 3 rings (SSSR count). The van der Waals surface area contributed by atoms with Crippen molar-refractivity contribution in [2.45, 2.75) is 31.4 Å². The summed E-state index contributed by atoms with van der Waals surface area (Å²) in [5.41, 5.74) is 7.13. The summed E-state index contributed by atoms with van der Waals surface area (Å²) >= 11 is 3.13. The van der Waals surface area contributed by atoms with Crippen LogP contribution in [-0.2, 0) is 4.74 Å². The van der Waals surface area contributed by atoms with Gasteiger partial charge in [-0.1, -0.05) is 0 Å². The molecular formula is C13H16BrFN2O. The topological polar surface area (TPSA) is 47.3 Å². The van der Waals surface area contributed by atoms with Crippen molar-refractivity contribution < 1.29 is 9.13 Å². The van der Waals surface area contributed by atoms with Crippen LogP contribution in [-0.4, -0.2) is 18.8 Å². The highest BCUT2D eigenvalue weighted by Gasteiger charge is 2.40. The molecule has 0 amide bonds. The Labute approximate surface area is 114 Å². The Morgan fingerprint density at radius 1 is 1.33 bits per heavy atom. The van der Waals surface area contributed by atoms with E-state index >= 15 is 0 Å². The Hall–Kier alpha value is -0.810. The van der Waals surface area contributed by atoms with E-state index in [2.05, 4.69) is 21.2 Å². The normalized spacial score (nSPS) is 27.4. The standard InChI is InChI=1S/C13H16BrFN2O/c14-8-5-10(16)12(6-9(8)15)17-11-3-4-18-13(11)7-1-2-7/h5-7,11,13,17H,1-4,16H2. The molecule has 1 aromatic carbocycles. The highest BCUT2D eigenvalue weighted by Crippen LogP contribution is 2.40. The predicted molar refractivity (Wildman–Crippen MR) is 73.0 cm³/mol. The molecule has 1 aromatic rings. The van der Waals surface area contributed by atoms with Gasteiger partial charge >= 0.3 is 0 Å². The summed E-state index contributed by atoms with van der Waals surface area (Å²) in [7, 11) is 0. The predicted octanol–water partition coefficient (Wildman–Crippen LogP) is 3.15. The molecule has 1 saturated carbocycles. The Bertz CT molecular complexity index is 465. The molecule has 1 heterocycles. The monoisotopic (exact) mass is 314 g/mol. The van der Waals surface area contributed by atoms with Crippen LogP contribution < -0.4 is 11.1 Å². The summed E-state index contributed by atoms with van der Waals surface area (Å²) in [4.78, 5) is 0. The van der Waals surface area contributed by atoms with Crippen LogP contribution in [0.2, 0.25) is 0 Å². The molecule has 0 aromatic heterocycles. The third kappa shape index (κ3) is 2.34. The van der Waals surface area contributed by atoms with E-state index in [0.717, 1.165) is 13.0 Å². The van der Waals surface area contributed by atoms with Gasteiger partial charge in [-0.05, 0) is 47.2 Å². The highest BCUT2D eigenvalue weighted by atomic mass is 79.9. The lowest BCUT2D eigenvalue weighted by Crippen LogP contribution is -2.31. The third-order valence-electron chi connectivity index (χ3n) is 3.66. The lowest BCUT2D eigenvalue weighted by Gasteiger charge is -2.21. The summed E-state index contributed by atoms with van der Waals surface area (Å²) in [5.74, 6) is 0.375. The number of rotatable bonds is 3. The fraction of sp³-hybridized carbons (Fsp3) is 0.538. The molecule has 3 nitrogen and oxygen atoms in total. The highest BCUT2D eigenvalue weighted by molar-refractivity contribution is 9.10. The molecule has 1 saturated heterocycles. The first-order chi connectivity index (χ1) is 8.65. The van der Waals surface area contributed by atoms with Crippen LogP contribution in [0.5, 0.6) is 0 Å². The zero-order chi connectivity index (χ0) is 12.7. The summed E-state index contributed by atoms with van der Waals surface area (Å²) in [6.45, 7) is 0.776. The molecule has 2 aliphatic rings. The SMILES string of the molecule is Nc1cc(Br)c(F)cc1NC1CCOC1C1CC1. The van der Waals surface area contributed by atoms with E-state index in [1.54, 1.807) is 6.07 Å². The van der Waals surface area contributed by atoms with Gasteiger partial charge in [-0.15, -0.1) is 0 Å². The average Bonchev–Trinajstić information content (AvgIpc) is 3.07. The molecule has 5 heteroatoms. The molecule has 98 valence electrons. The molecule has 1 aliphatic heterocycles. The van der Waals surface area contributed by atoms with Crippen LogP contribution >= 0.6 is 15.9 Å². The van der Waals surface area contributed by atoms with Gasteiger partial charge in [0.05, 0.1) is 28.0 Å². The van der Waals surface area contributed by atoms with Crippen LogP contribution in [0.25, 0.3) is 0 Å². The zero-order valence-electron chi connectivity index (χ0n) is 9.96. The molecule has 0 radical (unpaired) electrons. The fourth-order valence-electron chi connectivity index (χ4n) is 2.54. The Morgan fingerprint density at radius 3 is 2.83 bits per heavy atom. The van der Waals surface area contributed by atoms with Crippen molar-refractivity contribution in [2.75, 3.05) is 17.7 Å². The maximum atomic E-state index is 13.5. The maximum absolute atomic E-state index is 13.5. The van der Waals surface area contributed by atoms with Gasteiger partial charge in [-0.3, -0.25) is 0 Å². The number of nitrogens with one attached hydrogen (secondary N) is 1. The number of anilines is 2. The molecule has 2 fully saturated rings. The summed E-state index contributed by atoms with van der Waals surface area (Å²) < 4.78 is 19.7. The van der Waals surface area contributed by atoms with Gasteiger partial charge < -0.3 is 15.8 Å². The third-order valence-corrected chi connectivity index (χ3v) is 4.26. The number of nitrogen functional groups attached to an aromatic ring is 1. The van der Waals surface area contributed by atoms with Crippen LogP contribution in [0.3, 0.4) is 0 Å². The molecular weight excluding hydrogens is 299 g/mol.